The fraction of sp³-hybridized carbons (Fsp3) is 0.316. The largest absolute Gasteiger partial charge is 0.324 e. The van der Waals surface area contributed by atoms with Crippen LogP contribution in [0, 0.1) is 12.7 Å². The van der Waals surface area contributed by atoms with E-state index >= 15 is 0 Å². The molecule has 0 aliphatic carbocycles. The maximum absolute atomic E-state index is 13.3. The van der Waals surface area contributed by atoms with Gasteiger partial charge >= 0.3 is 0 Å². The van der Waals surface area contributed by atoms with Gasteiger partial charge in [0, 0.05) is 16.7 Å². The van der Waals surface area contributed by atoms with Gasteiger partial charge in [0.15, 0.2) is 0 Å². The summed E-state index contributed by atoms with van der Waals surface area (Å²) in [6.45, 7) is 1.98. The van der Waals surface area contributed by atoms with Crippen molar-refractivity contribution in [3.8, 4) is 0 Å². The summed E-state index contributed by atoms with van der Waals surface area (Å²) in [6.07, 6.45) is 1.92. The van der Waals surface area contributed by atoms with Crippen molar-refractivity contribution in [1.82, 2.24) is 4.31 Å². The molecule has 1 fully saturated rings. The normalized spacial score (nSPS) is 18.3. The van der Waals surface area contributed by atoms with Crippen LogP contribution < -0.4 is 5.32 Å². The van der Waals surface area contributed by atoms with Crippen LogP contribution in [0.4, 0.5) is 10.1 Å². The molecular weight excluding hydrogens is 435 g/mol. The third kappa shape index (κ3) is 4.39. The average molecular weight is 455 g/mol. The van der Waals surface area contributed by atoms with Crippen LogP contribution >= 0.6 is 15.9 Å². The second kappa shape index (κ2) is 8.08. The van der Waals surface area contributed by atoms with E-state index in [9.17, 15) is 17.6 Å². The summed E-state index contributed by atoms with van der Waals surface area (Å²) >= 11 is 3.29. The number of rotatable bonds is 4. The fourth-order valence-electron chi connectivity index (χ4n) is 3.18. The second-order valence-electron chi connectivity index (χ2n) is 6.53. The maximum Gasteiger partial charge on any atom is 0.243 e. The Bertz CT molecular complexity index is 948. The maximum atomic E-state index is 13.3. The van der Waals surface area contributed by atoms with Gasteiger partial charge in [-0.2, -0.15) is 4.31 Å². The van der Waals surface area contributed by atoms with Crippen molar-refractivity contribution in [3.63, 3.8) is 0 Å². The molecule has 5 nitrogen and oxygen atoms in total. The van der Waals surface area contributed by atoms with Crippen LogP contribution in [0.5, 0.6) is 0 Å². The molecule has 3 rings (SSSR count). The minimum Gasteiger partial charge on any atom is -0.324 e. The van der Waals surface area contributed by atoms with E-state index in [-0.39, 0.29) is 10.7 Å². The Labute approximate surface area is 166 Å². The van der Waals surface area contributed by atoms with Crippen molar-refractivity contribution in [1.29, 1.82) is 0 Å². The van der Waals surface area contributed by atoms with Gasteiger partial charge in [0.05, 0.1) is 4.90 Å². The number of hydrogen-bond donors (Lipinski definition) is 1. The summed E-state index contributed by atoms with van der Waals surface area (Å²) in [5, 5.41) is 2.75. The van der Waals surface area contributed by atoms with E-state index < -0.39 is 22.0 Å². The summed E-state index contributed by atoms with van der Waals surface area (Å²) in [5.74, 6) is -0.785. The summed E-state index contributed by atoms with van der Waals surface area (Å²) < 4.78 is 41.4. The molecule has 1 aliphatic rings. The smallest absolute Gasteiger partial charge is 0.243 e. The van der Waals surface area contributed by atoms with E-state index in [2.05, 4.69) is 21.2 Å². The Morgan fingerprint density at radius 3 is 2.56 bits per heavy atom. The highest BCUT2D eigenvalue weighted by atomic mass is 79.9. The Kier molecular flexibility index (Phi) is 5.98. The summed E-state index contributed by atoms with van der Waals surface area (Å²) in [7, 11) is -3.79. The van der Waals surface area contributed by atoms with E-state index in [0.717, 1.165) is 10.9 Å². The summed E-state index contributed by atoms with van der Waals surface area (Å²) in [6, 6.07) is 9.64. The standard InChI is InChI=1S/C19H20BrFN2O3S/c1-13-12-15(21)7-10-17(13)22-19(24)18-4-2-3-11-23(18)27(25,26)16-8-5-14(20)6-9-16/h5-10,12,18H,2-4,11H2,1H3,(H,22,24)/t18-/m1/s1. The molecule has 0 saturated carbocycles. The molecule has 0 unspecified atom stereocenters. The minimum absolute atomic E-state index is 0.156. The molecule has 1 atom stereocenters. The van der Waals surface area contributed by atoms with Gasteiger partial charge in [-0.1, -0.05) is 22.4 Å². The van der Waals surface area contributed by atoms with Gasteiger partial charge in [-0.25, -0.2) is 12.8 Å². The number of nitrogens with zero attached hydrogens (tertiary/aromatic N) is 1. The predicted molar refractivity (Wildman–Crippen MR) is 105 cm³/mol. The Morgan fingerprint density at radius 1 is 1.19 bits per heavy atom. The number of benzene rings is 2. The molecule has 0 spiro atoms. The lowest BCUT2D eigenvalue weighted by Crippen LogP contribution is -2.49. The number of anilines is 1. The quantitative estimate of drug-likeness (QED) is 0.756. The number of amides is 1. The van der Waals surface area contributed by atoms with E-state index in [1.54, 1.807) is 19.1 Å². The van der Waals surface area contributed by atoms with Crippen LogP contribution in [-0.4, -0.2) is 31.2 Å². The molecule has 27 heavy (non-hydrogen) atoms. The molecule has 2 aromatic carbocycles. The highest BCUT2D eigenvalue weighted by Crippen LogP contribution is 2.27. The highest BCUT2D eigenvalue weighted by molar-refractivity contribution is 9.10. The fourth-order valence-corrected chi connectivity index (χ4v) is 5.10. The first-order valence-corrected chi connectivity index (χ1v) is 10.9. The molecule has 0 radical (unpaired) electrons. The third-order valence-corrected chi connectivity index (χ3v) is 7.07. The van der Waals surface area contributed by atoms with Gasteiger partial charge in [-0.3, -0.25) is 4.79 Å². The number of nitrogens with one attached hydrogen (secondary N) is 1. The molecule has 8 heteroatoms. The molecule has 1 amide bonds. The number of sulfonamides is 1. The topological polar surface area (TPSA) is 66.5 Å². The Balaban J connectivity index is 1.86. The van der Waals surface area contributed by atoms with Crippen LogP contribution in [-0.2, 0) is 14.8 Å². The van der Waals surface area contributed by atoms with E-state index in [0.29, 0.717) is 30.6 Å². The molecule has 0 bridgehead atoms. The van der Waals surface area contributed by atoms with Gasteiger partial charge in [0.25, 0.3) is 0 Å². The molecule has 1 aliphatic heterocycles. The van der Waals surface area contributed by atoms with E-state index in [4.69, 9.17) is 0 Å². The van der Waals surface area contributed by atoms with E-state index in [1.807, 2.05) is 0 Å². The number of piperidine rings is 1. The first kappa shape index (κ1) is 20.0. The Hall–Kier alpha value is -1.77. The van der Waals surface area contributed by atoms with Gasteiger partial charge in [-0.15, -0.1) is 0 Å². The second-order valence-corrected chi connectivity index (χ2v) is 9.34. The van der Waals surface area contributed by atoms with Crippen molar-refractivity contribution < 1.29 is 17.6 Å². The van der Waals surface area contributed by atoms with Gasteiger partial charge in [0.2, 0.25) is 15.9 Å². The zero-order chi connectivity index (χ0) is 19.6. The molecular formula is C19H20BrFN2O3S. The predicted octanol–water partition coefficient (Wildman–Crippen LogP) is 4.08. The van der Waals surface area contributed by atoms with Gasteiger partial charge in [0.1, 0.15) is 11.9 Å². The van der Waals surface area contributed by atoms with Crippen LogP contribution in [0.15, 0.2) is 51.8 Å². The number of carbonyl (C=O) groups is 1. The van der Waals surface area contributed by atoms with Crippen molar-refractivity contribution in [2.45, 2.75) is 37.1 Å². The lowest BCUT2D eigenvalue weighted by Gasteiger charge is -2.33. The number of carbonyl (C=O) groups excluding carboxylic acids is 1. The monoisotopic (exact) mass is 454 g/mol. The summed E-state index contributed by atoms with van der Waals surface area (Å²) in [5.41, 5.74) is 1.06. The van der Waals surface area contributed by atoms with Crippen molar-refractivity contribution in [2.24, 2.45) is 0 Å². The zero-order valence-electron chi connectivity index (χ0n) is 14.8. The number of halogens is 2. The van der Waals surface area contributed by atoms with Crippen molar-refractivity contribution >= 4 is 37.5 Å². The molecule has 2 aromatic rings. The van der Waals surface area contributed by atoms with Crippen molar-refractivity contribution in [2.75, 3.05) is 11.9 Å². The first-order valence-electron chi connectivity index (χ1n) is 8.63. The molecule has 1 saturated heterocycles. The molecule has 1 heterocycles. The number of hydrogen-bond acceptors (Lipinski definition) is 3. The highest BCUT2D eigenvalue weighted by Gasteiger charge is 2.37. The lowest BCUT2D eigenvalue weighted by atomic mass is 10.0. The van der Waals surface area contributed by atoms with Crippen LogP contribution in [0.3, 0.4) is 0 Å². The molecule has 1 N–H and O–H groups in total. The molecule has 144 valence electrons. The number of aryl methyl sites for hydroxylation is 1. The summed E-state index contributed by atoms with van der Waals surface area (Å²) in [4.78, 5) is 13.0. The van der Waals surface area contributed by atoms with Gasteiger partial charge in [-0.05, 0) is 67.8 Å². The SMILES string of the molecule is Cc1cc(F)ccc1NC(=O)[C@H]1CCCCN1S(=O)(=O)c1ccc(Br)cc1. The zero-order valence-corrected chi connectivity index (χ0v) is 17.2. The van der Waals surface area contributed by atoms with Crippen LogP contribution in [0.2, 0.25) is 0 Å². The Morgan fingerprint density at radius 2 is 1.89 bits per heavy atom. The lowest BCUT2D eigenvalue weighted by molar-refractivity contribution is -0.120. The van der Waals surface area contributed by atoms with Crippen molar-refractivity contribution in [3.05, 3.63) is 58.3 Å². The van der Waals surface area contributed by atoms with Crippen LogP contribution in [0.25, 0.3) is 0 Å². The first-order chi connectivity index (χ1) is 12.8. The average Bonchev–Trinajstić information content (AvgIpc) is 2.64. The molecule has 0 aromatic heterocycles. The minimum atomic E-state index is -3.79. The third-order valence-electron chi connectivity index (χ3n) is 4.62. The van der Waals surface area contributed by atoms with Crippen LogP contribution in [0.1, 0.15) is 24.8 Å². The van der Waals surface area contributed by atoms with E-state index in [1.165, 1.54) is 34.6 Å². The van der Waals surface area contributed by atoms with Gasteiger partial charge < -0.3 is 5.32 Å².